The zero-order valence-corrected chi connectivity index (χ0v) is 11.0. The fourth-order valence-corrected chi connectivity index (χ4v) is 1.55. The quantitative estimate of drug-likeness (QED) is 0.413. The predicted octanol–water partition coefficient (Wildman–Crippen LogP) is -0.122. The molecule has 1 heterocycles. The molecule has 0 aromatic carbocycles. The molecule has 1 aliphatic rings. The monoisotopic (exact) mass is 267 g/mol. The highest BCUT2D eigenvalue weighted by Crippen LogP contribution is 2.11. The molecule has 19 heavy (non-hydrogen) atoms. The summed E-state index contributed by atoms with van der Waals surface area (Å²) in [5, 5.41) is 2.62. The Hall–Kier alpha value is -2.18. The molecule has 5 amide bonds. The predicted molar refractivity (Wildman–Crippen MR) is 66.9 cm³/mol. The van der Waals surface area contributed by atoms with Gasteiger partial charge in [0, 0.05) is 12.6 Å². The van der Waals surface area contributed by atoms with Crippen LogP contribution in [0.3, 0.4) is 0 Å². The minimum atomic E-state index is -0.980. The van der Waals surface area contributed by atoms with Crippen LogP contribution in [0.15, 0.2) is 12.7 Å². The Balaban J connectivity index is 2.71. The van der Waals surface area contributed by atoms with Gasteiger partial charge in [-0.2, -0.15) is 0 Å². The lowest BCUT2D eigenvalue weighted by molar-refractivity contribution is -0.143. The van der Waals surface area contributed by atoms with Crippen molar-refractivity contribution in [2.45, 2.75) is 26.3 Å². The summed E-state index contributed by atoms with van der Waals surface area (Å²) in [4.78, 5) is 47.9. The van der Waals surface area contributed by atoms with Gasteiger partial charge in [0.05, 0.1) is 0 Å². The molecule has 0 aliphatic carbocycles. The van der Waals surface area contributed by atoms with Crippen molar-refractivity contribution in [3.63, 3.8) is 0 Å². The molecule has 0 radical (unpaired) electrons. The van der Waals surface area contributed by atoms with E-state index in [4.69, 9.17) is 0 Å². The molecule has 0 saturated carbocycles. The SMILES string of the molecule is C=CCN1C(=O)C(=O)N(CC(=O)N[C@@H](C)CC)C1=O. The van der Waals surface area contributed by atoms with Gasteiger partial charge >= 0.3 is 17.8 Å². The second-order valence-electron chi connectivity index (χ2n) is 4.26. The lowest BCUT2D eigenvalue weighted by atomic mass is 10.2. The van der Waals surface area contributed by atoms with E-state index >= 15 is 0 Å². The second kappa shape index (κ2) is 6.12. The van der Waals surface area contributed by atoms with Crippen LogP contribution < -0.4 is 5.32 Å². The number of amides is 5. The maximum absolute atomic E-state index is 11.8. The average Bonchev–Trinajstić information content (AvgIpc) is 2.56. The highest BCUT2D eigenvalue weighted by Gasteiger charge is 2.44. The Morgan fingerprint density at radius 3 is 2.42 bits per heavy atom. The summed E-state index contributed by atoms with van der Waals surface area (Å²) < 4.78 is 0. The number of rotatable bonds is 6. The molecule has 1 rings (SSSR count). The van der Waals surface area contributed by atoms with Crippen molar-refractivity contribution in [1.82, 2.24) is 15.1 Å². The van der Waals surface area contributed by atoms with Crippen LogP contribution in [0.4, 0.5) is 4.79 Å². The molecule has 7 heteroatoms. The molecule has 1 fully saturated rings. The molecule has 104 valence electrons. The fourth-order valence-electron chi connectivity index (χ4n) is 1.55. The van der Waals surface area contributed by atoms with E-state index in [9.17, 15) is 19.2 Å². The van der Waals surface area contributed by atoms with Gasteiger partial charge in [0.2, 0.25) is 5.91 Å². The standard InChI is InChI=1S/C12H17N3O4/c1-4-6-14-10(17)11(18)15(12(14)19)7-9(16)13-8(3)5-2/h4,8H,1,5-7H2,2-3H3,(H,13,16)/t8-/m0/s1. The number of hydrogen-bond donors (Lipinski definition) is 1. The third-order valence-electron chi connectivity index (χ3n) is 2.77. The van der Waals surface area contributed by atoms with Crippen molar-refractivity contribution in [2.75, 3.05) is 13.1 Å². The van der Waals surface area contributed by atoms with E-state index in [-0.39, 0.29) is 12.6 Å². The number of nitrogens with one attached hydrogen (secondary N) is 1. The van der Waals surface area contributed by atoms with E-state index in [2.05, 4.69) is 11.9 Å². The molecular formula is C12H17N3O4. The van der Waals surface area contributed by atoms with E-state index in [1.807, 2.05) is 6.92 Å². The summed E-state index contributed by atoms with van der Waals surface area (Å²) in [5.74, 6) is -2.38. The zero-order valence-electron chi connectivity index (χ0n) is 11.0. The van der Waals surface area contributed by atoms with Gasteiger partial charge in [-0.25, -0.2) is 9.69 Å². The molecule has 0 spiro atoms. The third kappa shape index (κ3) is 3.18. The first kappa shape index (κ1) is 14.9. The Morgan fingerprint density at radius 1 is 1.32 bits per heavy atom. The van der Waals surface area contributed by atoms with Crippen LogP contribution in [0.5, 0.6) is 0 Å². The lowest BCUT2D eigenvalue weighted by Crippen LogP contribution is -2.43. The Labute approximate surface area is 111 Å². The second-order valence-corrected chi connectivity index (χ2v) is 4.26. The Morgan fingerprint density at radius 2 is 1.89 bits per heavy atom. The van der Waals surface area contributed by atoms with Gasteiger partial charge in [0.25, 0.3) is 0 Å². The highest BCUT2D eigenvalue weighted by molar-refractivity contribution is 6.45. The molecule has 1 atom stereocenters. The maximum Gasteiger partial charge on any atom is 0.335 e. The van der Waals surface area contributed by atoms with Crippen LogP contribution in [0, 0.1) is 0 Å². The first-order valence-electron chi connectivity index (χ1n) is 5.99. The van der Waals surface area contributed by atoms with Crippen molar-refractivity contribution in [1.29, 1.82) is 0 Å². The number of imide groups is 2. The summed E-state index contributed by atoms with van der Waals surface area (Å²) in [7, 11) is 0. The summed E-state index contributed by atoms with van der Waals surface area (Å²) in [6.45, 7) is 6.61. The van der Waals surface area contributed by atoms with Gasteiger partial charge in [-0.05, 0) is 13.3 Å². The van der Waals surface area contributed by atoms with Gasteiger partial charge in [0.1, 0.15) is 6.54 Å². The van der Waals surface area contributed by atoms with Crippen LogP contribution in [0.1, 0.15) is 20.3 Å². The van der Waals surface area contributed by atoms with Crippen molar-refractivity contribution in [2.24, 2.45) is 0 Å². The van der Waals surface area contributed by atoms with Gasteiger partial charge in [-0.1, -0.05) is 13.0 Å². The minimum Gasteiger partial charge on any atom is -0.352 e. The molecule has 1 saturated heterocycles. The van der Waals surface area contributed by atoms with Crippen molar-refractivity contribution >= 4 is 23.8 Å². The van der Waals surface area contributed by atoms with Crippen molar-refractivity contribution in [3.05, 3.63) is 12.7 Å². The largest absolute Gasteiger partial charge is 0.352 e. The molecule has 0 unspecified atom stereocenters. The normalized spacial score (nSPS) is 16.8. The number of carbonyl (C=O) groups is 4. The van der Waals surface area contributed by atoms with E-state index < -0.39 is 30.3 Å². The lowest BCUT2D eigenvalue weighted by Gasteiger charge is -2.16. The molecule has 7 nitrogen and oxygen atoms in total. The van der Waals surface area contributed by atoms with Gasteiger partial charge < -0.3 is 5.32 Å². The molecule has 1 aliphatic heterocycles. The van der Waals surface area contributed by atoms with E-state index in [0.29, 0.717) is 4.90 Å². The van der Waals surface area contributed by atoms with Crippen LogP contribution in [-0.4, -0.2) is 52.7 Å². The third-order valence-corrected chi connectivity index (χ3v) is 2.77. The van der Waals surface area contributed by atoms with Crippen molar-refractivity contribution < 1.29 is 19.2 Å². The van der Waals surface area contributed by atoms with Crippen molar-refractivity contribution in [3.8, 4) is 0 Å². The number of carbonyl (C=O) groups excluding carboxylic acids is 4. The van der Waals surface area contributed by atoms with E-state index in [1.54, 1.807) is 6.92 Å². The van der Waals surface area contributed by atoms with Gasteiger partial charge in [-0.15, -0.1) is 6.58 Å². The zero-order chi connectivity index (χ0) is 14.6. The minimum absolute atomic E-state index is 0.0487. The van der Waals surface area contributed by atoms with Gasteiger partial charge in [-0.3, -0.25) is 19.3 Å². The summed E-state index contributed by atoms with van der Waals surface area (Å²) in [6, 6.07) is -0.838. The van der Waals surface area contributed by atoms with Crippen LogP contribution in [0.2, 0.25) is 0 Å². The first-order chi connectivity index (χ1) is 8.92. The van der Waals surface area contributed by atoms with Gasteiger partial charge in [0.15, 0.2) is 0 Å². The summed E-state index contributed by atoms with van der Waals surface area (Å²) in [6.07, 6.45) is 2.07. The van der Waals surface area contributed by atoms with Crippen LogP contribution >= 0.6 is 0 Å². The maximum atomic E-state index is 11.8. The van der Waals surface area contributed by atoms with E-state index in [1.165, 1.54) is 6.08 Å². The summed E-state index contributed by atoms with van der Waals surface area (Å²) in [5.41, 5.74) is 0. The summed E-state index contributed by atoms with van der Waals surface area (Å²) >= 11 is 0. The smallest absolute Gasteiger partial charge is 0.335 e. The first-order valence-corrected chi connectivity index (χ1v) is 5.99. The topological polar surface area (TPSA) is 86.8 Å². The van der Waals surface area contributed by atoms with Crippen LogP contribution in [0.25, 0.3) is 0 Å². The Kier molecular flexibility index (Phi) is 4.80. The number of urea groups is 1. The molecule has 0 aromatic heterocycles. The Bertz CT molecular complexity index is 433. The molecular weight excluding hydrogens is 250 g/mol. The van der Waals surface area contributed by atoms with Crippen LogP contribution in [-0.2, 0) is 14.4 Å². The highest BCUT2D eigenvalue weighted by atomic mass is 16.2. The van der Waals surface area contributed by atoms with E-state index in [0.717, 1.165) is 11.3 Å². The molecule has 1 N–H and O–H groups in total. The molecule has 0 aromatic rings. The number of hydrogen-bond acceptors (Lipinski definition) is 4. The average molecular weight is 267 g/mol. The number of nitrogens with zero attached hydrogens (tertiary/aromatic N) is 2. The fraction of sp³-hybridized carbons (Fsp3) is 0.500. The molecule has 0 bridgehead atoms.